The highest BCUT2D eigenvalue weighted by atomic mass is 32.2. The maximum atomic E-state index is 5.94. The second kappa shape index (κ2) is 6.74. The Morgan fingerprint density at radius 1 is 1.25 bits per heavy atom. The van der Waals surface area contributed by atoms with Gasteiger partial charge in [-0.1, -0.05) is 17.7 Å². The second-order valence-electron chi connectivity index (χ2n) is 4.83. The van der Waals surface area contributed by atoms with Gasteiger partial charge in [0.15, 0.2) is 0 Å². The molecule has 1 heterocycles. The van der Waals surface area contributed by atoms with Gasteiger partial charge in [-0.25, -0.2) is 4.98 Å². The van der Waals surface area contributed by atoms with E-state index >= 15 is 0 Å². The lowest BCUT2D eigenvalue weighted by Crippen LogP contribution is -2.30. The standard InChI is InChI=1S/C15H20N4S/c1-10-4-3-5-12(6-10)20-9-14(19-17)13-7-11(2)8-18-15(13)16/h3-8,14,19H,9,17H2,1-2H3,(H2,16,18). The Hall–Kier alpha value is -1.56. The van der Waals surface area contributed by atoms with Gasteiger partial charge >= 0.3 is 0 Å². The smallest absolute Gasteiger partial charge is 0.128 e. The van der Waals surface area contributed by atoms with Crippen LogP contribution in [0.1, 0.15) is 22.7 Å². The molecule has 20 heavy (non-hydrogen) atoms. The Bertz CT molecular complexity index is 586. The minimum atomic E-state index is -0.0205. The van der Waals surface area contributed by atoms with Gasteiger partial charge in [0.1, 0.15) is 5.82 Å². The molecule has 0 aliphatic heterocycles. The number of pyridine rings is 1. The van der Waals surface area contributed by atoms with E-state index in [4.69, 9.17) is 11.6 Å². The van der Waals surface area contributed by atoms with Crippen molar-refractivity contribution in [3.63, 3.8) is 0 Å². The molecule has 0 saturated carbocycles. The largest absolute Gasteiger partial charge is 0.383 e. The molecule has 0 bridgehead atoms. The molecule has 1 aromatic heterocycles. The molecule has 0 fully saturated rings. The highest BCUT2D eigenvalue weighted by Crippen LogP contribution is 2.27. The van der Waals surface area contributed by atoms with E-state index in [1.807, 2.05) is 13.0 Å². The van der Waals surface area contributed by atoms with E-state index in [-0.39, 0.29) is 6.04 Å². The molecular weight excluding hydrogens is 268 g/mol. The zero-order valence-electron chi connectivity index (χ0n) is 11.8. The fraction of sp³-hybridized carbons (Fsp3) is 0.267. The number of nitrogens with one attached hydrogen (secondary N) is 1. The summed E-state index contributed by atoms with van der Waals surface area (Å²) >= 11 is 1.75. The SMILES string of the molecule is Cc1cccc(SCC(NN)c2cc(C)cnc2N)c1. The van der Waals surface area contributed by atoms with Crippen LogP contribution in [-0.2, 0) is 0 Å². The summed E-state index contributed by atoms with van der Waals surface area (Å²) in [6, 6.07) is 10.4. The summed E-state index contributed by atoms with van der Waals surface area (Å²) in [5.41, 5.74) is 12.1. The van der Waals surface area contributed by atoms with Crippen LogP contribution in [0, 0.1) is 13.8 Å². The zero-order valence-corrected chi connectivity index (χ0v) is 12.6. The molecule has 5 N–H and O–H groups in total. The molecule has 1 atom stereocenters. The van der Waals surface area contributed by atoms with Gasteiger partial charge in [0.05, 0.1) is 6.04 Å². The number of thioether (sulfide) groups is 1. The summed E-state index contributed by atoms with van der Waals surface area (Å²) in [5.74, 6) is 7.00. The fourth-order valence-corrected chi connectivity index (χ4v) is 3.07. The lowest BCUT2D eigenvalue weighted by molar-refractivity contribution is 0.610. The summed E-state index contributed by atoms with van der Waals surface area (Å²) in [6.07, 6.45) is 1.76. The molecule has 1 aromatic carbocycles. The first kappa shape index (κ1) is 14.8. The molecule has 1 unspecified atom stereocenters. The van der Waals surface area contributed by atoms with Crippen LogP contribution in [0.4, 0.5) is 5.82 Å². The molecule has 0 amide bonds. The van der Waals surface area contributed by atoms with Crippen molar-refractivity contribution in [2.24, 2.45) is 5.84 Å². The number of aryl methyl sites for hydroxylation is 2. The first-order valence-electron chi connectivity index (χ1n) is 6.47. The molecule has 2 rings (SSSR count). The highest BCUT2D eigenvalue weighted by molar-refractivity contribution is 7.99. The van der Waals surface area contributed by atoms with E-state index in [0.29, 0.717) is 5.82 Å². The third-order valence-electron chi connectivity index (χ3n) is 3.07. The Morgan fingerprint density at radius 3 is 2.75 bits per heavy atom. The van der Waals surface area contributed by atoms with Gasteiger partial charge in [-0.05, 0) is 37.6 Å². The van der Waals surface area contributed by atoms with Crippen molar-refractivity contribution in [1.82, 2.24) is 10.4 Å². The van der Waals surface area contributed by atoms with Gasteiger partial charge < -0.3 is 5.73 Å². The molecule has 106 valence electrons. The summed E-state index contributed by atoms with van der Waals surface area (Å²) < 4.78 is 0. The minimum Gasteiger partial charge on any atom is -0.383 e. The van der Waals surface area contributed by atoms with Crippen molar-refractivity contribution < 1.29 is 0 Å². The van der Waals surface area contributed by atoms with Crippen LogP contribution >= 0.6 is 11.8 Å². The Morgan fingerprint density at radius 2 is 2.05 bits per heavy atom. The number of rotatable bonds is 5. The lowest BCUT2D eigenvalue weighted by atomic mass is 10.1. The quantitative estimate of drug-likeness (QED) is 0.448. The number of aromatic nitrogens is 1. The van der Waals surface area contributed by atoms with Crippen LogP contribution in [0.5, 0.6) is 0 Å². The van der Waals surface area contributed by atoms with E-state index in [1.165, 1.54) is 10.5 Å². The number of hydrogen-bond donors (Lipinski definition) is 3. The van der Waals surface area contributed by atoms with Crippen molar-refractivity contribution in [1.29, 1.82) is 0 Å². The topological polar surface area (TPSA) is 77.0 Å². The number of hydrogen-bond acceptors (Lipinski definition) is 5. The van der Waals surface area contributed by atoms with E-state index in [0.717, 1.165) is 16.9 Å². The fourth-order valence-electron chi connectivity index (χ4n) is 1.99. The maximum absolute atomic E-state index is 5.94. The predicted octanol–water partition coefficient (Wildman–Crippen LogP) is 2.58. The van der Waals surface area contributed by atoms with Crippen molar-refractivity contribution >= 4 is 17.6 Å². The van der Waals surface area contributed by atoms with E-state index in [1.54, 1.807) is 18.0 Å². The van der Waals surface area contributed by atoms with E-state index in [9.17, 15) is 0 Å². The summed E-state index contributed by atoms with van der Waals surface area (Å²) in [6.45, 7) is 4.09. The molecule has 4 nitrogen and oxygen atoms in total. The molecule has 0 aliphatic carbocycles. The normalized spacial score (nSPS) is 12.3. The number of nitrogen functional groups attached to an aromatic ring is 1. The van der Waals surface area contributed by atoms with E-state index in [2.05, 4.69) is 41.6 Å². The number of hydrazine groups is 1. The average molecular weight is 288 g/mol. The van der Waals surface area contributed by atoms with Crippen molar-refractivity contribution in [2.45, 2.75) is 24.8 Å². The molecule has 0 aliphatic rings. The van der Waals surface area contributed by atoms with Gasteiger partial charge in [0.2, 0.25) is 0 Å². The van der Waals surface area contributed by atoms with Crippen molar-refractivity contribution in [3.05, 3.63) is 53.2 Å². The van der Waals surface area contributed by atoms with Crippen LogP contribution in [0.15, 0.2) is 41.4 Å². The van der Waals surface area contributed by atoms with Gasteiger partial charge in [-0.2, -0.15) is 0 Å². The number of benzene rings is 1. The first-order chi connectivity index (χ1) is 9.60. The van der Waals surface area contributed by atoms with Crippen LogP contribution in [0.2, 0.25) is 0 Å². The lowest BCUT2D eigenvalue weighted by Gasteiger charge is -2.18. The minimum absolute atomic E-state index is 0.0205. The molecule has 2 aromatic rings. The molecule has 0 radical (unpaired) electrons. The third-order valence-corrected chi connectivity index (χ3v) is 4.16. The number of nitrogens with zero attached hydrogens (tertiary/aromatic N) is 1. The zero-order chi connectivity index (χ0) is 14.5. The molecule has 0 spiro atoms. The van der Waals surface area contributed by atoms with E-state index < -0.39 is 0 Å². The van der Waals surface area contributed by atoms with Gasteiger partial charge in [0.25, 0.3) is 0 Å². The number of anilines is 1. The summed E-state index contributed by atoms with van der Waals surface area (Å²) in [5, 5.41) is 0. The van der Waals surface area contributed by atoms with Gasteiger partial charge in [-0.3, -0.25) is 11.3 Å². The van der Waals surface area contributed by atoms with Gasteiger partial charge in [-0.15, -0.1) is 11.8 Å². The molecule has 5 heteroatoms. The van der Waals surface area contributed by atoms with Gasteiger partial charge in [0, 0.05) is 22.4 Å². The molecule has 0 saturated heterocycles. The Balaban J connectivity index is 2.11. The predicted molar refractivity (Wildman–Crippen MR) is 85.4 cm³/mol. The maximum Gasteiger partial charge on any atom is 0.128 e. The monoisotopic (exact) mass is 288 g/mol. The van der Waals surface area contributed by atoms with Crippen LogP contribution in [0.25, 0.3) is 0 Å². The summed E-state index contributed by atoms with van der Waals surface area (Å²) in [7, 11) is 0. The average Bonchev–Trinajstić information content (AvgIpc) is 2.43. The molecular formula is C15H20N4S. The van der Waals surface area contributed by atoms with Crippen LogP contribution in [-0.4, -0.2) is 10.7 Å². The Kier molecular flexibility index (Phi) is 5.00. The van der Waals surface area contributed by atoms with Crippen molar-refractivity contribution in [3.8, 4) is 0 Å². The first-order valence-corrected chi connectivity index (χ1v) is 7.46. The second-order valence-corrected chi connectivity index (χ2v) is 5.93. The highest BCUT2D eigenvalue weighted by Gasteiger charge is 2.14. The number of nitrogens with two attached hydrogens (primary N) is 2. The third kappa shape index (κ3) is 3.72. The van der Waals surface area contributed by atoms with Crippen LogP contribution < -0.4 is 17.0 Å². The summed E-state index contributed by atoms with van der Waals surface area (Å²) in [4.78, 5) is 5.42. The van der Waals surface area contributed by atoms with Crippen molar-refractivity contribution in [2.75, 3.05) is 11.5 Å². The van der Waals surface area contributed by atoms with Crippen LogP contribution in [0.3, 0.4) is 0 Å². The Labute approximate surface area is 123 Å².